The van der Waals surface area contributed by atoms with Crippen molar-refractivity contribution in [2.75, 3.05) is 7.05 Å². The molecule has 6 nitrogen and oxygen atoms in total. The Morgan fingerprint density at radius 3 is 2.52 bits per heavy atom. The summed E-state index contributed by atoms with van der Waals surface area (Å²) in [5, 5.41) is 4.79. The third-order valence-electron chi connectivity index (χ3n) is 4.99. The van der Waals surface area contributed by atoms with Crippen LogP contribution in [0, 0.1) is 6.92 Å². The summed E-state index contributed by atoms with van der Waals surface area (Å²) in [5.41, 5.74) is 3.82. The molecule has 0 N–H and O–H groups in total. The average Bonchev–Trinajstić information content (AvgIpc) is 3.23. The zero-order valence-corrected chi connectivity index (χ0v) is 17.4. The molecule has 0 saturated carbocycles. The van der Waals surface area contributed by atoms with Crippen LogP contribution in [0.4, 0.5) is 0 Å². The Morgan fingerprint density at radius 1 is 1.10 bits per heavy atom. The van der Waals surface area contributed by atoms with Crippen LogP contribution in [-0.4, -0.2) is 37.2 Å². The number of benzene rings is 2. The van der Waals surface area contributed by atoms with Gasteiger partial charge < -0.3 is 9.47 Å². The van der Waals surface area contributed by atoms with Crippen molar-refractivity contribution < 1.29 is 4.79 Å². The Labute approximate surface area is 174 Å². The molecule has 1 amide bonds. The maximum Gasteiger partial charge on any atom is 0.259 e. The molecule has 0 aliphatic carbocycles. The fourth-order valence-corrected chi connectivity index (χ4v) is 3.91. The van der Waals surface area contributed by atoms with Crippen LogP contribution in [-0.2, 0) is 13.1 Å². The third-order valence-corrected chi connectivity index (χ3v) is 5.34. The number of carbonyl (C=O) groups is 1. The van der Waals surface area contributed by atoms with Crippen LogP contribution >= 0.6 is 11.6 Å². The van der Waals surface area contributed by atoms with E-state index in [0.717, 1.165) is 29.1 Å². The quantitative estimate of drug-likeness (QED) is 0.490. The molecule has 0 fully saturated rings. The minimum absolute atomic E-state index is 0.176. The zero-order valence-electron chi connectivity index (χ0n) is 16.6. The number of hydrogen-bond donors (Lipinski definition) is 0. The number of carbonyl (C=O) groups excluding carboxylic acids is 1. The molecule has 0 saturated heterocycles. The van der Waals surface area contributed by atoms with Crippen molar-refractivity contribution >= 4 is 28.5 Å². The van der Waals surface area contributed by atoms with E-state index in [2.05, 4.69) is 16.6 Å². The highest BCUT2D eigenvalue weighted by molar-refractivity contribution is 6.33. The highest BCUT2D eigenvalue weighted by Gasteiger charge is 2.25. The summed E-state index contributed by atoms with van der Waals surface area (Å²) in [6.45, 7) is 5.04. The minimum Gasteiger partial charge on any atom is -0.334 e. The largest absolute Gasteiger partial charge is 0.334 e. The maximum absolute atomic E-state index is 13.2. The molecular formula is C22H22ClN5O. The highest BCUT2D eigenvalue weighted by Crippen LogP contribution is 2.25. The summed E-state index contributed by atoms with van der Waals surface area (Å²) < 4.78 is 3.72. The second-order valence-corrected chi connectivity index (χ2v) is 7.28. The number of rotatable bonds is 5. The number of amides is 1. The molecule has 2 aromatic heterocycles. The van der Waals surface area contributed by atoms with Crippen molar-refractivity contribution in [2.24, 2.45) is 0 Å². The first kappa shape index (κ1) is 19.2. The smallest absolute Gasteiger partial charge is 0.259 e. The molecule has 0 bridgehead atoms. The number of imidazole rings is 1. The van der Waals surface area contributed by atoms with Gasteiger partial charge in [-0.2, -0.15) is 5.10 Å². The molecule has 4 rings (SSSR count). The number of para-hydroxylation sites is 3. The van der Waals surface area contributed by atoms with Gasteiger partial charge in [0.05, 0.1) is 34.5 Å². The van der Waals surface area contributed by atoms with Gasteiger partial charge in [0.15, 0.2) is 0 Å². The van der Waals surface area contributed by atoms with Gasteiger partial charge in [0.1, 0.15) is 11.0 Å². The lowest BCUT2D eigenvalue weighted by atomic mass is 10.2. The van der Waals surface area contributed by atoms with Gasteiger partial charge in [-0.15, -0.1) is 0 Å². The normalized spacial score (nSPS) is 11.2. The molecule has 148 valence electrons. The topological polar surface area (TPSA) is 56.0 Å². The van der Waals surface area contributed by atoms with Gasteiger partial charge in [-0.25, -0.2) is 9.67 Å². The van der Waals surface area contributed by atoms with Crippen molar-refractivity contribution in [3.05, 3.63) is 76.8 Å². The predicted molar refractivity (Wildman–Crippen MR) is 115 cm³/mol. The van der Waals surface area contributed by atoms with Gasteiger partial charge in [-0.3, -0.25) is 4.79 Å². The van der Waals surface area contributed by atoms with Gasteiger partial charge in [0.25, 0.3) is 5.91 Å². The molecule has 7 heteroatoms. The van der Waals surface area contributed by atoms with E-state index in [1.807, 2.05) is 54.6 Å². The maximum atomic E-state index is 13.2. The Hall–Kier alpha value is -3.12. The molecule has 0 atom stereocenters. The average molecular weight is 408 g/mol. The van der Waals surface area contributed by atoms with Crippen LogP contribution in [0.15, 0.2) is 54.6 Å². The number of aryl methyl sites for hydroxylation is 2. The molecule has 4 aromatic rings. The molecular weight excluding hydrogens is 386 g/mol. The van der Waals surface area contributed by atoms with Crippen LogP contribution < -0.4 is 0 Å². The summed E-state index contributed by atoms with van der Waals surface area (Å²) in [5.74, 6) is 0.665. The summed E-state index contributed by atoms with van der Waals surface area (Å²) in [6, 6.07) is 17.5. The summed E-state index contributed by atoms with van der Waals surface area (Å²) in [6.07, 6.45) is 0. The lowest BCUT2D eigenvalue weighted by Crippen LogP contribution is -2.28. The second kappa shape index (κ2) is 7.72. The van der Waals surface area contributed by atoms with E-state index >= 15 is 0 Å². The molecule has 0 unspecified atom stereocenters. The highest BCUT2D eigenvalue weighted by atomic mass is 35.5. The third kappa shape index (κ3) is 3.40. The predicted octanol–water partition coefficient (Wildman–Crippen LogP) is 4.48. The fourth-order valence-electron chi connectivity index (χ4n) is 3.56. The molecule has 0 radical (unpaired) electrons. The molecule has 0 spiro atoms. The lowest BCUT2D eigenvalue weighted by Gasteiger charge is -2.17. The minimum atomic E-state index is -0.176. The zero-order chi connectivity index (χ0) is 20.5. The monoisotopic (exact) mass is 407 g/mol. The SMILES string of the molecule is CCn1c(CN(C)C(=O)c2c(C)nn(-c3ccccc3)c2Cl)nc2ccccc21. The number of halogens is 1. The molecule has 0 aliphatic heterocycles. The Kier molecular flexibility index (Phi) is 5.11. The van der Waals surface area contributed by atoms with E-state index in [-0.39, 0.29) is 5.91 Å². The first-order chi connectivity index (χ1) is 14.0. The van der Waals surface area contributed by atoms with Gasteiger partial charge in [0, 0.05) is 13.6 Å². The van der Waals surface area contributed by atoms with Crippen molar-refractivity contribution in [3.63, 3.8) is 0 Å². The number of fused-ring (bicyclic) bond motifs is 1. The Morgan fingerprint density at radius 2 is 1.79 bits per heavy atom. The van der Waals surface area contributed by atoms with E-state index in [4.69, 9.17) is 16.6 Å². The molecule has 2 heterocycles. The van der Waals surface area contributed by atoms with E-state index < -0.39 is 0 Å². The Bertz CT molecular complexity index is 1180. The first-order valence-corrected chi connectivity index (χ1v) is 9.89. The van der Waals surface area contributed by atoms with E-state index in [1.54, 1.807) is 23.6 Å². The first-order valence-electron chi connectivity index (χ1n) is 9.51. The van der Waals surface area contributed by atoms with E-state index in [1.165, 1.54) is 0 Å². The molecule has 0 aliphatic rings. The fraction of sp³-hybridized carbons (Fsp3) is 0.227. The van der Waals surface area contributed by atoms with Crippen LogP contribution in [0.1, 0.15) is 28.8 Å². The van der Waals surface area contributed by atoms with Gasteiger partial charge in [0.2, 0.25) is 0 Å². The van der Waals surface area contributed by atoms with Gasteiger partial charge in [-0.1, -0.05) is 41.9 Å². The number of aromatic nitrogens is 4. The summed E-state index contributed by atoms with van der Waals surface area (Å²) in [4.78, 5) is 19.6. The second-order valence-electron chi connectivity index (χ2n) is 6.92. The molecule has 29 heavy (non-hydrogen) atoms. The van der Waals surface area contributed by atoms with E-state index in [0.29, 0.717) is 23.0 Å². The van der Waals surface area contributed by atoms with Crippen LogP contribution in [0.3, 0.4) is 0 Å². The van der Waals surface area contributed by atoms with Crippen molar-refractivity contribution in [1.82, 2.24) is 24.2 Å². The van der Waals surface area contributed by atoms with Crippen molar-refractivity contribution in [3.8, 4) is 5.69 Å². The molecule has 2 aromatic carbocycles. The summed E-state index contributed by atoms with van der Waals surface area (Å²) >= 11 is 6.56. The van der Waals surface area contributed by atoms with Crippen LogP contribution in [0.2, 0.25) is 5.15 Å². The summed E-state index contributed by atoms with van der Waals surface area (Å²) in [7, 11) is 1.76. The van der Waals surface area contributed by atoms with Crippen molar-refractivity contribution in [1.29, 1.82) is 0 Å². The number of nitrogens with zero attached hydrogens (tertiary/aromatic N) is 5. The van der Waals surface area contributed by atoms with Gasteiger partial charge in [-0.05, 0) is 38.1 Å². The number of hydrogen-bond acceptors (Lipinski definition) is 3. The van der Waals surface area contributed by atoms with Crippen LogP contribution in [0.25, 0.3) is 16.7 Å². The van der Waals surface area contributed by atoms with E-state index in [9.17, 15) is 4.79 Å². The standard InChI is InChI=1S/C22H22ClN5O/c1-4-27-18-13-9-8-12-17(18)24-19(27)14-26(3)22(29)20-15(2)25-28(21(20)23)16-10-6-5-7-11-16/h5-13H,4,14H2,1-3H3. The van der Waals surface area contributed by atoms with Gasteiger partial charge >= 0.3 is 0 Å². The Balaban J connectivity index is 1.65. The van der Waals surface area contributed by atoms with Crippen LogP contribution in [0.5, 0.6) is 0 Å². The lowest BCUT2D eigenvalue weighted by molar-refractivity contribution is 0.0779. The van der Waals surface area contributed by atoms with Crippen molar-refractivity contribution in [2.45, 2.75) is 26.9 Å².